The van der Waals surface area contributed by atoms with Crippen molar-refractivity contribution in [1.29, 1.82) is 0 Å². The highest BCUT2D eigenvalue weighted by Gasteiger charge is 2.20. The summed E-state index contributed by atoms with van der Waals surface area (Å²) in [5, 5.41) is 0.515. The van der Waals surface area contributed by atoms with E-state index in [-0.39, 0.29) is 10.7 Å². The SMILES string of the molecule is NNc1ncc(Br)cc1S(=O)(=O)Nc1ccc(Cl)cc1. The van der Waals surface area contributed by atoms with Crippen LogP contribution in [0, 0.1) is 0 Å². The van der Waals surface area contributed by atoms with Gasteiger partial charge in [0.25, 0.3) is 10.0 Å². The highest BCUT2D eigenvalue weighted by molar-refractivity contribution is 9.10. The third-order valence-corrected chi connectivity index (χ3v) is 4.42. The summed E-state index contributed by atoms with van der Waals surface area (Å²) in [5.41, 5.74) is 2.64. The molecule has 0 unspecified atom stereocenters. The van der Waals surface area contributed by atoms with E-state index in [9.17, 15) is 8.42 Å². The number of benzene rings is 1. The van der Waals surface area contributed by atoms with Crippen LogP contribution in [-0.4, -0.2) is 13.4 Å². The van der Waals surface area contributed by atoms with Crippen LogP contribution in [0.3, 0.4) is 0 Å². The number of nitrogens with one attached hydrogen (secondary N) is 2. The number of hydrogen-bond donors (Lipinski definition) is 3. The maximum Gasteiger partial charge on any atom is 0.265 e. The van der Waals surface area contributed by atoms with Crippen molar-refractivity contribution in [3.8, 4) is 0 Å². The first-order chi connectivity index (χ1) is 9.42. The van der Waals surface area contributed by atoms with Crippen molar-refractivity contribution in [3.63, 3.8) is 0 Å². The minimum Gasteiger partial charge on any atom is -0.307 e. The Morgan fingerprint density at radius 1 is 1.25 bits per heavy atom. The molecular formula is C11H10BrClN4O2S. The molecule has 0 spiro atoms. The van der Waals surface area contributed by atoms with Crippen LogP contribution >= 0.6 is 27.5 Å². The molecule has 1 aromatic heterocycles. The Labute approximate surface area is 129 Å². The standard InChI is InChI=1S/C11H10BrClN4O2S/c12-7-5-10(11(16-14)15-6-7)20(18,19)17-9-3-1-8(13)2-4-9/h1-6,17H,14H2,(H,15,16). The van der Waals surface area contributed by atoms with Gasteiger partial charge in [-0.15, -0.1) is 0 Å². The van der Waals surface area contributed by atoms with Crippen molar-refractivity contribution in [2.45, 2.75) is 4.90 Å². The highest BCUT2D eigenvalue weighted by atomic mass is 79.9. The summed E-state index contributed by atoms with van der Waals surface area (Å²) in [6.07, 6.45) is 1.44. The summed E-state index contributed by atoms with van der Waals surface area (Å²) in [4.78, 5) is 3.83. The van der Waals surface area contributed by atoms with Gasteiger partial charge in [-0.2, -0.15) is 0 Å². The van der Waals surface area contributed by atoms with Crippen molar-refractivity contribution in [1.82, 2.24) is 4.98 Å². The topological polar surface area (TPSA) is 97.1 Å². The summed E-state index contributed by atoms with van der Waals surface area (Å²) >= 11 is 8.92. The van der Waals surface area contributed by atoms with E-state index in [1.54, 1.807) is 24.3 Å². The Balaban J connectivity index is 2.40. The molecule has 0 saturated carbocycles. The van der Waals surface area contributed by atoms with E-state index < -0.39 is 10.0 Å². The van der Waals surface area contributed by atoms with Gasteiger partial charge in [-0.05, 0) is 46.3 Å². The first-order valence-corrected chi connectivity index (χ1v) is 7.98. The summed E-state index contributed by atoms with van der Waals surface area (Å²) < 4.78 is 27.6. The van der Waals surface area contributed by atoms with E-state index in [0.717, 1.165) is 0 Å². The van der Waals surface area contributed by atoms with Gasteiger partial charge in [0.1, 0.15) is 4.90 Å². The molecule has 0 saturated heterocycles. The molecule has 1 aromatic carbocycles. The van der Waals surface area contributed by atoms with Gasteiger partial charge in [-0.3, -0.25) is 4.72 Å². The third kappa shape index (κ3) is 3.40. The van der Waals surface area contributed by atoms with Gasteiger partial charge in [0.2, 0.25) is 0 Å². The maximum atomic E-state index is 12.3. The molecule has 106 valence electrons. The van der Waals surface area contributed by atoms with Crippen LogP contribution in [0.1, 0.15) is 0 Å². The second-order valence-electron chi connectivity index (χ2n) is 3.76. The average Bonchev–Trinajstić information content (AvgIpc) is 2.41. The van der Waals surface area contributed by atoms with Crippen LogP contribution in [0.4, 0.5) is 11.5 Å². The largest absolute Gasteiger partial charge is 0.307 e. The molecule has 20 heavy (non-hydrogen) atoms. The van der Waals surface area contributed by atoms with Crippen molar-refractivity contribution >= 4 is 49.1 Å². The number of halogens is 2. The maximum absolute atomic E-state index is 12.3. The van der Waals surface area contributed by atoms with Crippen molar-refractivity contribution in [2.75, 3.05) is 10.1 Å². The lowest BCUT2D eigenvalue weighted by Crippen LogP contribution is -2.18. The fourth-order valence-electron chi connectivity index (χ4n) is 1.46. The monoisotopic (exact) mass is 376 g/mol. The lowest BCUT2D eigenvalue weighted by molar-refractivity contribution is 0.601. The highest BCUT2D eigenvalue weighted by Crippen LogP contribution is 2.25. The molecule has 2 aromatic rings. The third-order valence-electron chi connectivity index (χ3n) is 2.34. The lowest BCUT2D eigenvalue weighted by Gasteiger charge is -2.11. The van der Waals surface area contributed by atoms with Gasteiger partial charge in [0.15, 0.2) is 5.82 Å². The van der Waals surface area contributed by atoms with E-state index in [4.69, 9.17) is 17.4 Å². The smallest absolute Gasteiger partial charge is 0.265 e. The molecule has 6 nitrogen and oxygen atoms in total. The lowest BCUT2D eigenvalue weighted by atomic mass is 10.3. The molecule has 9 heteroatoms. The molecule has 4 N–H and O–H groups in total. The molecule has 0 aliphatic rings. The molecule has 0 aliphatic heterocycles. The molecule has 2 rings (SSSR count). The van der Waals surface area contributed by atoms with E-state index in [0.29, 0.717) is 15.2 Å². The Hall–Kier alpha value is -1.35. The minimum atomic E-state index is -3.82. The fourth-order valence-corrected chi connectivity index (χ4v) is 3.28. The van der Waals surface area contributed by atoms with Crippen LogP contribution < -0.4 is 16.0 Å². The van der Waals surface area contributed by atoms with E-state index >= 15 is 0 Å². The van der Waals surface area contributed by atoms with Crippen molar-refractivity contribution in [3.05, 3.63) is 46.0 Å². The quantitative estimate of drug-likeness (QED) is 0.562. The van der Waals surface area contributed by atoms with Gasteiger partial charge in [0.05, 0.1) is 0 Å². The Kier molecular flexibility index (Phi) is 4.48. The number of aromatic nitrogens is 1. The minimum absolute atomic E-state index is 0.0506. The molecular weight excluding hydrogens is 368 g/mol. The number of nitrogens with zero attached hydrogens (tertiary/aromatic N) is 1. The van der Waals surface area contributed by atoms with Crippen LogP contribution in [0.2, 0.25) is 5.02 Å². The number of sulfonamides is 1. The number of nitrogens with two attached hydrogens (primary N) is 1. The second kappa shape index (κ2) is 5.96. The summed E-state index contributed by atoms with van der Waals surface area (Å²) in [7, 11) is -3.82. The average molecular weight is 378 g/mol. The van der Waals surface area contributed by atoms with E-state index in [1.807, 2.05) is 0 Å². The van der Waals surface area contributed by atoms with Crippen LogP contribution in [0.25, 0.3) is 0 Å². The van der Waals surface area contributed by atoms with E-state index in [1.165, 1.54) is 12.3 Å². The molecule has 0 aliphatic carbocycles. The Morgan fingerprint density at radius 3 is 2.50 bits per heavy atom. The van der Waals surface area contributed by atoms with Crippen molar-refractivity contribution < 1.29 is 8.42 Å². The van der Waals surface area contributed by atoms with Gasteiger partial charge >= 0.3 is 0 Å². The summed E-state index contributed by atoms with van der Waals surface area (Å²) in [6, 6.07) is 7.68. The predicted octanol–water partition coefficient (Wildman–Crippen LogP) is 2.58. The zero-order valence-electron chi connectivity index (χ0n) is 9.97. The molecule has 0 bridgehead atoms. The fraction of sp³-hybridized carbons (Fsp3) is 0. The zero-order valence-corrected chi connectivity index (χ0v) is 13.1. The van der Waals surface area contributed by atoms with Gasteiger partial charge < -0.3 is 5.43 Å². The Morgan fingerprint density at radius 2 is 1.90 bits per heavy atom. The molecule has 0 atom stereocenters. The molecule has 0 fully saturated rings. The Bertz CT molecular complexity index is 722. The first kappa shape index (κ1) is 15.0. The number of anilines is 2. The van der Waals surface area contributed by atoms with Crippen molar-refractivity contribution in [2.24, 2.45) is 5.84 Å². The van der Waals surface area contributed by atoms with Crippen LogP contribution in [0.5, 0.6) is 0 Å². The van der Waals surface area contributed by atoms with Crippen LogP contribution in [0.15, 0.2) is 45.9 Å². The van der Waals surface area contributed by atoms with E-state index in [2.05, 4.69) is 31.1 Å². The molecule has 0 radical (unpaired) electrons. The van der Waals surface area contributed by atoms with Gasteiger partial charge in [-0.1, -0.05) is 11.6 Å². The number of pyridine rings is 1. The number of hydrogen-bond acceptors (Lipinski definition) is 5. The second-order valence-corrected chi connectivity index (χ2v) is 6.76. The zero-order chi connectivity index (χ0) is 14.8. The first-order valence-electron chi connectivity index (χ1n) is 5.33. The molecule has 1 heterocycles. The normalized spacial score (nSPS) is 11.2. The molecule has 0 amide bonds. The number of rotatable bonds is 4. The predicted molar refractivity (Wildman–Crippen MR) is 82.0 cm³/mol. The summed E-state index contributed by atoms with van der Waals surface area (Å²) in [6.45, 7) is 0. The number of hydrazine groups is 1. The van der Waals surface area contributed by atoms with Gasteiger partial charge in [-0.25, -0.2) is 19.2 Å². The summed E-state index contributed by atoms with van der Waals surface area (Å²) in [5.74, 6) is 5.32. The van der Waals surface area contributed by atoms with Crippen LogP contribution in [-0.2, 0) is 10.0 Å². The van der Waals surface area contributed by atoms with Gasteiger partial charge in [0, 0.05) is 21.4 Å². The number of nitrogen functional groups attached to an aromatic ring is 1.